The van der Waals surface area contributed by atoms with Gasteiger partial charge in [-0.15, -0.1) is 0 Å². The second-order valence-corrected chi connectivity index (χ2v) is 6.16. The maximum atomic E-state index is 12.1. The van der Waals surface area contributed by atoms with Crippen LogP contribution in [-0.2, 0) is 23.2 Å². The Balaban J connectivity index is 4.16. The lowest BCUT2D eigenvalue weighted by molar-refractivity contribution is -0.122. The zero-order valence-corrected chi connectivity index (χ0v) is 13.6. The van der Waals surface area contributed by atoms with Crippen LogP contribution in [0.2, 0.25) is 0 Å². The number of oxime groups is 1. The van der Waals surface area contributed by atoms with Crippen LogP contribution in [0.4, 0.5) is 0 Å². The molecular weight excluding hydrogens is 299 g/mol. The van der Waals surface area contributed by atoms with Gasteiger partial charge in [-0.25, -0.2) is 0 Å². The highest BCUT2D eigenvalue weighted by molar-refractivity contribution is 7.53. The van der Waals surface area contributed by atoms with Crippen molar-refractivity contribution in [1.29, 1.82) is 0 Å². The molecule has 10 heteroatoms. The third-order valence-electron chi connectivity index (χ3n) is 2.16. The first-order valence-electron chi connectivity index (χ1n) is 6.68. The molecular formula is C11H25N4O5P. The Bertz CT molecular complexity index is 377. The molecule has 0 rings (SSSR count). The van der Waals surface area contributed by atoms with Crippen molar-refractivity contribution in [3.63, 3.8) is 0 Å². The van der Waals surface area contributed by atoms with Gasteiger partial charge in [-0.05, 0) is 20.8 Å². The van der Waals surface area contributed by atoms with E-state index in [4.69, 9.17) is 25.4 Å². The van der Waals surface area contributed by atoms with Crippen molar-refractivity contribution in [2.75, 3.05) is 26.1 Å². The van der Waals surface area contributed by atoms with Gasteiger partial charge in [0.05, 0.1) is 19.3 Å². The Hall–Kier alpha value is -1.15. The molecule has 0 heterocycles. The van der Waals surface area contributed by atoms with E-state index < -0.39 is 19.5 Å². The summed E-state index contributed by atoms with van der Waals surface area (Å²) in [7, 11) is -3.31. The molecule has 1 atom stereocenters. The van der Waals surface area contributed by atoms with Gasteiger partial charge < -0.3 is 30.7 Å². The van der Waals surface area contributed by atoms with Crippen LogP contribution in [0.5, 0.6) is 0 Å². The quantitative estimate of drug-likeness (QED) is 0.164. The fourth-order valence-electron chi connectivity index (χ4n) is 1.29. The van der Waals surface area contributed by atoms with Crippen LogP contribution < -0.4 is 16.8 Å². The molecule has 124 valence electrons. The minimum Gasteiger partial charge on any atom is -0.394 e. The predicted octanol–water partition coefficient (Wildman–Crippen LogP) is 0.352. The van der Waals surface area contributed by atoms with E-state index in [1.54, 1.807) is 20.8 Å². The summed E-state index contributed by atoms with van der Waals surface area (Å²) in [5, 5.41) is 5.96. The third-order valence-corrected chi connectivity index (χ3v) is 4.01. The first-order valence-corrected chi connectivity index (χ1v) is 8.40. The summed E-state index contributed by atoms with van der Waals surface area (Å²) in [5.74, 6) is -0.186. The van der Waals surface area contributed by atoms with E-state index in [0.29, 0.717) is 0 Å². The van der Waals surface area contributed by atoms with Gasteiger partial charge in [-0.1, -0.05) is 5.16 Å². The van der Waals surface area contributed by atoms with Crippen LogP contribution in [0.25, 0.3) is 0 Å². The molecule has 0 spiro atoms. The predicted molar refractivity (Wildman–Crippen MR) is 79.7 cm³/mol. The number of hydrogen-bond acceptors (Lipinski definition) is 7. The van der Waals surface area contributed by atoms with Crippen LogP contribution >= 0.6 is 7.60 Å². The largest absolute Gasteiger partial charge is 0.394 e. The molecule has 0 aromatic heterocycles. The van der Waals surface area contributed by atoms with Crippen LogP contribution in [-0.4, -0.2) is 43.9 Å². The van der Waals surface area contributed by atoms with Gasteiger partial charge in [0.15, 0.2) is 0 Å². The molecule has 0 bridgehead atoms. The fraction of sp³-hybridized carbons (Fsp3) is 0.818. The van der Waals surface area contributed by atoms with E-state index in [1.807, 2.05) is 0 Å². The van der Waals surface area contributed by atoms with Crippen molar-refractivity contribution < 1.29 is 23.2 Å². The fourth-order valence-corrected chi connectivity index (χ4v) is 2.68. The zero-order valence-electron chi connectivity index (χ0n) is 12.7. The Kier molecular flexibility index (Phi) is 9.98. The van der Waals surface area contributed by atoms with Gasteiger partial charge in [0.2, 0.25) is 5.91 Å². The number of carbonyl (C=O) groups excluding carboxylic acids is 1. The van der Waals surface area contributed by atoms with Crippen LogP contribution in [0.15, 0.2) is 5.16 Å². The minimum absolute atomic E-state index is 0.151. The Morgan fingerprint density at radius 2 is 1.90 bits per heavy atom. The van der Waals surface area contributed by atoms with Gasteiger partial charge >= 0.3 is 7.60 Å². The molecule has 0 aromatic carbocycles. The molecule has 0 aliphatic rings. The van der Waals surface area contributed by atoms with Gasteiger partial charge in [-0.3, -0.25) is 9.36 Å². The normalized spacial score (nSPS) is 13.8. The highest BCUT2D eigenvalue weighted by Gasteiger charge is 2.25. The molecule has 0 radical (unpaired) electrons. The van der Waals surface area contributed by atoms with E-state index in [1.165, 1.54) is 0 Å². The van der Waals surface area contributed by atoms with Gasteiger partial charge in [0.25, 0.3) is 0 Å². The monoisotopic (exact) mass is 324 g/mol. The lowest BCUT2D eigenvalue weighted by Crippen LogP contribution is -2.41. The summed E-state index contributed by atoms with van der Waals surface area (Å²) in [4.78, 5) is 16.6. The molecule has 0 aliphatic heterocycles. The van der Waals surface area contributed by atoms with Gasteiger partial charge in [0.1, 0.15) is 18.7 Å². The number of amidine groups is 1. The molecule has 0 aliphatic carbocycles. The van der Waals surface area contributed by atoms with Crippen LogP contribution in [0.3, 0.4) is 0 Å². The first-order chi connectivity index (χ1) is 9.84. The molecule has 0 fully saturated rings. The topological polar surface area (TPSA) is 138 Å². The lowest BCUT2D eigenvalue weighted by atomic mass is 10.2. The number of amides is 1. The summed E-state index contributed by atoms with van der Waals surface area (Å²) in [5.41, 5.74) is 10.9. The van der Waals surface area contributed by atoms with E-state index in [0.717, 1.165) is 0 Å². The Labute approximate surface area is 124 Å². The van der Waals surface area contributed by atoms with E-state index in [-0.39, 0.29) is 38.4 Å². The molecule has 5 N–H and O–H groups in total. The number of nitrogens with one attached hydrogen (secondary N) is 1. The van der Waals surface area contributed by atoms with E-state index in [9.17, 15) is 9.36 Å². The number of nitrogens with zero attached hydrogens (tertiary/aromatic N) is 1. The number of carbonyl (C=O) groups is 1. The molecule has 1 amide bonds. The van der Waals surface area contributed by atoms with Crippen molar-refractivity contribution in [1.82, 2.24) is 5.32 Å². The standard InChI is InChI=1S/C11H25N4O5P/c1-4-19-21(17,20-5-2)8-14-11(16)10(13)6-7-18-15-9(3)12/h10H,4-8,13H2,1-3H3,(H2,12,15)(H,14,16)/t10-/m0/s1. The first kappa shape index (κ1) is 19.9. The van der Waals surface area contributed by atoms with Gasteiger partial charge in [-0.2, -0.15) is 0 Å². The summed E-state index contributed by atoms with van der Waals surface area (Å²) in [6.07, 6.45) is 0.0261. The van der Waals surface area contributed by atoms with E-state index in [2.05, 4.69) is 10.5 Å². The Morgan fingerprint density at radius 1 is 1.33 bits per heavy atom. The van der Waals surface area contributed by atoms with Crippen molar-refractivity contribution in [3.8, 4) is 0 Å². The molecule has 21 heavy (non-hydrogen) atoms. The second-order valence-electron chi connectivity index (χ2n) is 4.11. The maximum absolute atomic E-state index is 12.1. The minimum atomic E-state index is -3.31. The van der Waals surface area contributed by atoms with Crippen LogP contribution in [0, 0.1) is 0 Å². The maximum Gasteiger partial charge on any atom is 0.349 e. The second kappa shape index (κ2) is 10.6. The summed E-state index contributed by atoms with van der Waals surface area (Å²) >= 11 is 0. The Morgan fingerprint density at radius 3 is 2.38 bits per heavy atom. The summed E-state index contributed by atoms with van der Waals surface area (Å²) < 4.78 is 22.2. The van der Waals surface area contributed by atoms with Crippen molar-refractivity contribution in [2.24, 2.45) is 16.6 Å². The van der Waals surface area contributed by atoms with Crippen molar-refractivity contribution in [3.05, 3.63) is 0 Å². The highest BCUT2D eigenvalue weighted by Crippen LogP contribution is 2.46. The van der Waals surface area contributed by atoms with Gasteiger partial charge in [0, 0.05) is 6.42 Å². The molecule has 0 unspecified atom stereocenters. The molecule has 0 aromatic rings. The van der Waals surface area contributed by atoms with Crippen molar-refractivity contribution in [2.45, 2.75) is 33.2 Å². The third kappa shape index (κ3) is 9.41. The average molecular weight is 324 g/mol. The van der Waals surface area contributed by atoms with Crippen LogP contribution in [0.1, 0.15) is 27.2 Å². The average Bonchev–Trinajstić information content (AvgIpc) is 2.41. The molecule has 0 saturated heterocycles. The number of nitrogens with two attached hydrogens (primary N) is 2. The number of rotatable bonds is 11. The summed E-state index contributed by atoms with van der Waals surface area (Å²) in [6.45, 7) is 5.56. The highest BCUT2D eigenvalue weighted by atomic mass is 31.2. The lowest BCUT2D eigenvalue weighted by Gasteiger charge is -2.18. The smallest absolute Gasteiger partial charge is 0.349 e. The molecule has 9 nitrogen and oxygen atoms in total. The summed E-state index contributed by atoms with van der Waals surface area (Å²) in [6, 6.07) is -0.810. The zero-order chi connectivity index (χ0) is 16.3. The van der Waals surface area contributed by atoms with E-state index >= 15 is 0 Å². The SMILES string of the molecule is CCOP(=O)(CNC(=O)[C@@H](N)CCON=C(C)N)OCC. The number of hydrogen-bond donors (Lipinski definition) is 3. The van der Waals surface area contributed by atoms with Crippen molar-refractivity contribution >= 4 is 19.3 Å². The molecule has 0 saturated carbocycles.